The number of thiophene rings is 1. The van der Waals surface area contributed by atoms with E-state index < -0.39 is 6.04 Å². The van der Waals surface area contributed by atoms with Crippen molar-refractivity contribution < 1.29 is 33.3 Å². The van der Waals surface area contributed by atoms with Crippen molar-refractivity contribution in [1.82, 2.24) is 19.7 Å². The third-order valence-corrected chi connectivity index (χ3v) is 12.6. The smallest absolute Gasteiger partial charge is 0.227 e. The second-order valence-electron chi connectivity index (χ2n) is 15.7. The molecule has 0 saturated heterocycles. The number of aryl methyl sites for hydroxylation is 2. The van der Waals surface area contributed by atoms with Crippen LogP contribution in [0.3, 0.4) is 0 Å². The molecule has 0 radical (unpaired) electrons. The highest BCUT2D eigenvalue weighted by Gasteiger charge is 2.32. The number of anilines is 2. The molecule has 14 nitrogen and oxygen atoms in total. The van der Waals surface area contributed by atoms with E-state index in [0.29, 0.717) is 101 Å². The van der Waals surface area contributed by atoms with E-state index in [0.717, 1.165) is 61.3 Å². The summed E-state index contributed by atoms with van der Waals surface area (Å²) in [6.07, 6.45) is 2.86. The van der Waals surface area contributed by atoms with Crippen LogP contribution in [0.5, 0.6) is 5.75 Å². The summed E-state index contributed by atoms with van der Waals surface area (Å²) in [5.41, 5.74) is 8.77. The lowest BCUT2D eigenvalue weighted by Crippen LogP contribution is -2.17. The van der Waals surface area contributed by atoms with Gasteiger partial charge in [0.25, 0.3) is 0 Å². The van der Waals surface area contributed by atoms with Gasteiger partial charge in [0, 0.05) is 57.9 Å². The van der Waals surface area contributed by atoms with Crippen molar-refractivity contribution in [3.8, 4) is 21.9 Å². The van der Waals surface area contributed by atoms with Crippen molar-refractivity contribution in [1.29, 1.82) is 0 Å². The van der Waals surface area contributed by atoms with Crippen LogP contribution >= 0.6 is 22.9 Å². The fraction of sp³-hybridized carbons (Fsp3) is 0.347. The molecule has 338 valence electrons. The minimum Gasteiger partial charge on any atom is -0.491 e. The first-order chi connectivity index (χ1) is 31.7. The first-order valence-corrected chi connectivity index (χ1v) is 22.9. The zero-order valence-corrected chi connectivity index (χ0v) is 38.3. The van der Waals surface area contributed by atoms with Gasteiger partial charge in [0.1, 0.15) is 40.8 Å². The molecule has 4 heterocycles. The standard InChI is InChI=1S/C49H52ClN7O7S/c1-31-32(2)65-49-45(31)46(34-8-10-38(50)11-9-34)54-43(48-56-55-33(3)57(48)49)30-44(59)53-39-12-14-41(15-13-39)64-26-25-63-24-23-62-22-21-61-20-19-60-18-17-52-47-42(5-4-16-51-47)36-7-6-35-28-40(58)29-37(35)27-36/h4-16,27,43H,17-26,28-30H2,1-3H3,(H,51,52)(H,53,59)/t43-/m0/s1. The predicted molar refractivity (Wildman–Crippen MR) is 252 cm³/mol. The van der Waals surface area contributed by atoms with Gasteiger partial charge >= 0.3 is 0 Å². The lowest BCUT2D eigenvalue weighted by molar-refractivity contribution is -0.117. The Hall–Kier alpha value is -5.81. The van der Waals surface area contributed by atoms with E-state index >= 15 is 0 Å². The molecule has 1 aliphatic heterocycles. The van der Waals surface area contributed by atoms with E-state index in [1.165, 1.54) is 4.88 Å². The quantitative estimate of drug-likeness (QED) is 0.0634. The van der Waals surface area contributed by atoms with Crippen molar-refractivity contribution in [3.63, 3.8) is 0 Å². The molecule has 3 aromatic heterocycles. The molecule has 6 aromatic rings. The number of Topliss-reactive ketones (excluding diaryl/α,β-unsaturated/α-hetero) is 1. The van der Waals surface area contributed by atoms with E-state index in [4.69, 9.17) is 40.3 Å². The molecule has 1 aliphatic carbocycles. The van der Waals surface area contributed by atoms with Crippen LogP contribution < -0.4 is 15.4 Å². The summed E-state index contributed by atoms with van der Waals surface area (Å²) in [5.74, 6) is 2.87. The molecular formula is C49H52ClN7O7S. The highest BCUT2D eigenvalue weighted by molar-refractivity contribution is 7.15. The molecule has 16 heteroatoms. The SMILES string of the molecule is Cc1sc2c(c1C)C(c1ccc(Cl)cc1)=N[C@@H](CC(=O)Nc1ccc(OCCOCCOCCOCCOCCNc3ncccc3-c3ccc4c(c3)CC(=O)C4)cc1)c1nnc(C)n1-2. The monoisotopic (exact) mass is 917 g/mol. The molecule has 0 saturated carbocycles. The van der Waals surface area contributed by atoms with Gasteiger partial charge in [0.15, 0.2) is 5.82 Å². The number of ether oxygens (including phenoxy) is 5. The number of hydrogen-bond acceptors (Lipinski definition) is 13. The summed E-state index contributed by atoms with van der Waals surface area (Å²) in [4.78, 5) is 36.3. The highest BCUT2D eigenvalue weighted by atomic mass is 35.5. The Balaban J connectivity index is 0.680. The normalized spacial score (nSPS) is 14.1. The number of nitrogens with zero attached hydrogens (tertiary/aromatic N) is 5. The van der Waals surface area contributed by atoms with Crippen molar-refractivity contribution >= 4 is 51.8 Å². The van der Waals surface area contributed by atoms with E-state index in [-0.39, 0.29) is 18.1 Å². The van der Waals surface area contributed by atoms with Crippen molar-refractivity contribution in [2.45, 2.75) is 46.1 Å². The molecule has 8 rings (SSSR count). The van der Waals surface area contributed by atoms with Crippen LogP contribution in [0, 0.1) is 20.8 Å². The first kappa shape index (κ1) is 45.7. The molecule has 0 fully saturated rings. The molecule has 2 N–H and O–H groups in total. The maximum absolute atomic E-state index is 13.5. The average molecular weight is 919 g/mol. The lowest BCUT2D eigenvalue weighted by atomic mass is 9.99. The highest BCUT2D eigenvalue weighted by Crippen LogP contribution is 2.40. The predicted octanol–water partition coefficient (Wildman–Crippen LogP) is 8.12. The number of ketones is 1. The number of halogens is 1. The van der Waals surface area contributed by atoms with E-state index in [1.54, 1.807) is 29.7 Å². The first-order valence-electron chi connectivity index (χ1n) is 21.7. The van der Waals surface area contributed by atoms with Crippen LogP contribution in [0.4, 0.5) is 11.5 Å². The summed E-state index contributed by atoms with van der Waals surface area (Å²) < 4.78 is 30.5. The zero-order chi connectivity index (χ0) is 45.1. The number of benzene rings is 3. The fourth-order valence-corrected chi connectivity index (χ4v) is 9.11. The summed E-state index contributed by atoms with van der Waals surface area (Å²) in [6.45, 7) is 10.7. The van der Waals surface area contributed by atoms with Gasteiger partial charge < -0.3 is 34.3 Å². The van der Waals surface area contributed by atoms with Crippen molar-refractivity contribution in [3.05, 3.63) is 134 Å². The third kappa shape index (κ3) is 11.5. The lowest BCUT2D eigenvalue weighted by Gasteiger charge is -2.13. The average Bonchev–Trinajstić information content (AvgIpc) is 3.94. The number of amides is 1. The van der Waals surface area contributed by atoms with Crippen molar-refractivity contribution in [2.75, 3.05) is 76.6 Å². The van der Waals surface area contributed by atoms with Gasteiger partial charge in [0.05, 0.1) is 65.0 Å². The number of fused-ring (bicyclic) bond motifs is 4. The van der Waals surface area contributed by atoms with Crippen LogP contribution in [-0.4, -0.2) is 103 Å². The molecule has 0 bridgehead atoms. The van der Waals surface area contributed by atoms with Crippen LogP contribution in [0.15, 0.2) is 90.1 Å². The van der Waals surface area contributed by atoms with Gasteiger partial charge in [-0.3, -0.25) is 19.1 Å². The Morgan fingerprint density at radius 2 is 1.48 bits per heavy atom. The molecule has 1 amide bonds. The Bertz CT molecular complexity index is 2630. The molecule has 65 heavy (non-hydrogen) atoms. The summed E-state index contributed by atoms with van der Waals surface area (Å²) >= 11 is 7.92. The van der Waals surface area contributed by atoms with Crippen molar-refractivity contribution in [2.24, 2.45) is 4.99 Å². The minimum absolute atomic E-state index is 0.0712. The number of hydrogen-bond donors (Lipinski definition) is 2. The summed E-state index contributed by atoms with van der Waals surface area (Å²) in [5, 5.41) is 16.9. The Labute approximate surface area is 387 Å². The topological polar surface area (TPSA) is 160 Å². The Kier molecular flexibility index (Phi) is 15.4. The zero-order valence-electron chi connectivity index (χ0n) is 36.7. The van der Waals surface area contributed by atoms with Gasteiger partial charge in [-0.1, -0.05) is 41.9 Å². The number of carbonyl (C=O) groups is 2. The molecule has 2 aliphatic rings. The van der Waals surface area contributed by atoms with Crippen LogP contribution in [0.2, 0.25) is 5.02 Å². The van der Waals surface area contributed by atoms with Gasteiger partial charge in [0.2, 0.25) is 5.91 Å². The van der Waals surface area contributed by atoms with Crippen LogP contribution in [0.25, 0.3) is 16.1 Å². The van der Waals surface area contributed by atoms with Gasteiger partial charge in [-0.2, -0.15) is 0 Å². The molecule has 1 atom stereocenters. The summed E-state index contributed by atoms with van der Waals surface area (Å²) in [7, 11) is 0. The number of carbonyl (C=O) groups excluding carboxylic acids is 2. The van der Waals surface area contributed by atoms with Crippen LogP contribution in [0.1, 0.15) is 56.8 Å². The van der Waals surface area contributed by atoms with Gasteiger partial charge in [-0.05, 0) is 91.6 Å². The van der Waals surface area contributed by atoms with Gasteiger partial charge in [-0.15, -0.1) is 21.5 Å². The number of aromatic nitrogens is 4. The number of nitrogens with one attached hydrogen (secondary N) is 2. The molecule has 0 unspecified atom stereocenters. The molecular weight excluding hydrogens is 866 g/mol. The van der Waals surface area contributed by atoms with Gasteiger partial charge in [-0.25, -0.2) is 4.98 Å². The maximum Gasteiger partial charge on any atom is 0.227 e. The number of rotatable bonds is 22. The number of aliphatic imine (C=N–C) groups is 1. The van der Waals surface area contributed by atoms with Crippen LogP contribution in [-0.2, 0) is 41.4 Å². The molecule has 0 spiro atoms. The fourth-order valence-electron chi connectivity index (χ4n) is 7.77. The largest absolute Gasteiger partial charge is 0.491 e. The second kappa shape index (κ2) is 21.9. The van der Waals surface area contributed by atoms with E-state index in [1.807, 2.05) is 66.1 Å². The van der Waals surface area contributed by atoms with E-state index in [9.17, 15) is 9.59 Å². The van der Waals surface area contributed by atoms with E-state index in [2.05, 4.69) is 51.8 Å². The maximum atomic E-state index is 13.5. The third-order valence-electron chi connectivity index (χ3n) is 11.1. The second-order valence-corrected chi connectivity index (χ2v) is 17.3. The minimum atomic E-state index is -0.570. The number of pyridine rings is 1. The molecule has 3 aromatic carbocycles. The summed E-state index contributed by atoms with van der Waals surface area (Å²) in [6, 6.07) is 24.4. The Morgan fingerprint density at radius 1 is 0.800 bits per heavy atom. The Morgan fingerprint density at radius 3 is 2.22 bits per heavy atom.